The number of nitrogens with one attached hydrogen (secondary N) is 1. The highest BCUT2D eigenvalue weighted by Gasteiger charge is 2.11. The van der Waals surface area contributed by atoms with Crippen LogP contribution in [-0.4, -0.2) is 4.98 Å². The van der Waals surface area contributed by atoms with Crippen LogP contribution in [0.1, 0.15) is 18.5 Å². The maximum Gasteiger partial charge on any atom is 0.131 e. The molecule has 1 unspecified atom stereocenters. The van der Waals surface area contributed by atoms with Crippen molar-refractivity contribution < 1.29 is 4.39 Å². The number of rotatable bonds is 3. The first-order valence-corrected chi connectivity index (χ1v) is 6.56. The van der Waals surface area contributed by atoms with Gasteiger partial charge in [-0.3, -0.25) is 0 Å². The van der Waals surface area contributed by atoms with E-state index in [-0.39, 0.29) is 11.9 Å². The minimum atomic E-state index is -0.246. The summed E-state index contributed by atoms with van der Waals surface area (Å²) in [7, 11) is 0. The Morgan fingerprint density at radius 3 is 2.78 bits per heavy atom. The van der Waals surface area contributed by atoms with Crippen molar-refractivity contribution in [3.05, 3.63) is 57.5 Å². The molecule has 0 aliphatic carbocycles. The van der Waals surface area contributed by atoms with Crippen LogP contribution in [0, 0.1) is 5.82 Å². The van der Waals surface area contributed by atoms with E-state index in [9.17, 15) is 4.39 Å². The second-order valence-electron chi connectivity index (χ2n) is 3.90. The quantitative estimate of drug-likeness (QED) is 0.817. The molecule has 5 heteroatoms. The average Bonchev–Trinajstić information content (AvgIpc) is 2.28. The summed E-state index contributed by atoms with van der Waals surface area (Å²) in [5.41, 5.74) is 1.41. The van der Waals surface area contributed by atoms with E-state index in [2.05, 4.69) is 26.2 Å². The molecular weight excluding hydrogens is 319 g/mol. The fourth-order valence-electron chi connectivity index (χ4n) is 1.67. The lowest BCUT2D eigenvalue weighted by molar-refractivity contribution is 0.599. The van der Waals surface area contributed by atoms with E-state index in [0.29, 0.717) is 10.7 Å². The second kappa shape index (κ2) is 5.67. The Balaban J connectivity index is 2.19. The number of pyridine rings is 1. The van der Waals surface area contributed by atoms with Crippen molar-refractivity contribution in [3.8, 4) is 0 Å². The Morgan fingerprint density at radius 2 is 2.11 bits per heavy atom. The molecule has 94 valence electrons. The average molecular weight is 330 g/mol. The van der Waals surface area contributed by atoms with Crippen LogP contribution in [0.15, 0.2) is 41.0 Å². The normalized spacial score (nSPS) is 12.2. The SMILES string of the molecule is CC(Nc1ccnc(Cl)c1)c1ccc(Br)cc1F. The first-order chi connectivity index (χ1) is 8.56. The molecule has 0 aliphatic heterocycles. The van der Waals surface area contributed by atoms with Gasteiger partial charge in [0, 0.05) is 21.9 Å². The van der Waals surface area contributed by atoms with Crippen LogP contribution in [-0.2, 0) is 0 Å². The highest BCUT2D eigenvalue weighted by atomic mass is 79.9. The van der Waals surface area contributed by atoms with Gasteiger partial charge in [-0.15, -0.1) is 0 Å². The Morgan fingerprint density at radius 1 is 1.33 bits per heavy atom. The zero-order chi connectivity index (χ0) is 13.1. The van der Waals surface area contributed by atoms with Gasteiger partial charge in [0.15, 0.2) is 0 Å². The fraction of sp³-hybridized carbons (Fsp3) is 0.154. The fourth-order valence-corrected chi connectivity index (χ4v) is 2.18. The molecule has 0 spiro atoms. The van der Waals surface area contributed by atoms with Crippen molar-refractivity contribution in [3.63, 3.8) is 0 Å². The first-order valence-electron chi connectivity index (χ1n) is 5.39. The molecule has 1 aromatic heterocycles. The minimum Gasteiger partial charge on any atom is -0.378 e. The number of halogens is 3. The molecule has 0 aliphatic rings. The van der Waals surface area contributed by atoms with Crippen molar-refractivity contribution in [2.24, 2.45) is 0 Å². The highest BCUT2D eigenvalue weighted by Crippen LogP contribution is 2.24. The van der Waals surface area contributed by atoms with Crippen LogP contribution in [0.2, 0.25) is 5.15 Å². The number of benzene rings is 1. The van der Waals surface area contributed by atoms with Gasteiger partial charge in [0.05, 0.1) is 6.04 Å². The van der Waals surface area contributed by atoms with E-state index in [4.69, 9.17) is 11.6 Å². The molecule has 1 heterocycles. The molecule has 0 amide bonds. The van der Waals surface area contributed by atoms with E-state index in [1.807, 2.05) is 13.0 Å². The van der Waals surface area contributed by atoms with Crippen molar-refractivity contribution >= 4 is 33.2 Å². The molecule has 2 rings (SSSR count). The topological polar surface area (TPSA) is 24.9 Å². The number of hydrogen-bond donors (Lipinski definition) is 1. The summed E-state index contributed by atoms with van der Waals surface area (Å²) >= 11 is 9.03. The summed E-state index contributed by atoms with van der Waals surface area (Å²) in [5, 5.41) is 3.59. The molecule has 1 atom stereocenters. The lowest BCUT2D eigenvalue weighted by Gasteiger charge is -2.16. The van der Waals surface area contributed by atoms with Gasteiger partial charge in [-0.05, 0) is 31.2 Å². The summed E-state index contributed by atoms with van der Waals surface area (Å²) < 4.78 is 14.5. The molecule has 0 saturated heterocycles. The van der Waals surface area contributed by atoms with E-state index in [0.717, 1.165) is 10.2 Å². The van der Waals surface area contributed by atoms with Crippen molar-refractivity contribution in [2.75, 3.05) is 5.32 Å². The van der Waals surface area contributed by atoms with Crippen molar-refractivity contribution in [1.29, 1.82) is 0 Å². The predicted molar refractivity (Wildman–Crippen MR) is 75.4 cm³/mol. The summed E-state index contributed by atoms with van der Waals surface area (Å²) in [4.78, 5) is 3.89. The number of nitrogens with zero attached hydrogens (tertiary/aromatic N) is 1. The monoisotopic (exact) mass is 328 g/mol. The third-order valence-electron chi connectivity index (χ3n) is 2.54. The van der Waals surface area contributed by atoms with Crippen LogP contribution in [0.25, 0.3) is 0 Å². The highest BCUT2D eigenvalue weighted by molar-refractivity contribution is 9.10. The third-order valence-corrected chi connectivity index (χ3v) is 3.24. The van der Waals surface area contributed by atoms with Gasteiger partial charge in [-0.25, -0.2) is 9.37 Å². The van der Waals surface area contributed by atoms with Gasteiger partial charge < -0.3 is 5.32 Å². The van der Waals surface area contributed by atoms with E-state index < -0.39 is 0 Å². The van der Waals surface area contributed by atoms with E-state index in [1.54, 1.807) is 24.4 Å². The molecular formula is C13H11BrClFN2. The number of hydrogen-bond acceptors (Lipinski definition) is 2. The summed E-state index contributed by atoms with van der Waals surface area (Å²) in [5.74, 6) is -0.246. The van der Waals surface area contributed by atoms with Gasteiger partial charge in [-0.2, -0.15) is 0 Å². The Kier molecular flexibility index (Phi) is 4.19. The van der Waals surface area contributed by atoms with Gasteiger partial charge in [-0.1, -0.05) is 33.6 Å². The maximum atomic E-state index is 13.8. The predicted octanol–water partition coefficient (Wildman–Crippen LogP) is 4.81. The zero-order valence-corrected chi connectivity index (χ0v) is 12.0. The lowest BCUT2D eigenvalue weighted by Crippen LogP contribution is -2.08. The van der Waals surface area contributed by atoms with Crippen LogP contribution in [0.3, 0.4) is 0 Å². The molecule has 18 heavy (non-hydrogen) atoms. The van der Waals surface area contributed by atoms with Gasteiger partial charge in [0.2, 0.25) is 0 Å². The van der Waals surface area contributed by atoms with E-state index >= 15 is 0 Å². The largest absolute Gasteiger partial charge is 0.378 e. The number of aromatic nitrogens is 1. The molecule has 0 saturated carbocycles. The smallest absolute Gasteiger partial charge is 0.131 e. The maximum absolute atomic E-state index is 13.8. The molecule has 2 aromatic rings. The molecule has 0 radical (unpaired) electrons. The minimum absolute atomic E-state index is 0.156. The van der Waals surface area contributed by atoms with Gasteiger partial charge in [0.1, 0.15) is 11.0 Å². The molecule has 0 fully saturated rings. The Bertz CT molecular complexity index is 562. The van der Waals surface area contributed by atoms with Crippen LogP contribution < -0.4 is 5.32 Å². The summed E-state index contributed by atoms with van der Waals surface area (Å²) in [6.07, 6.45) is 1.61. The molecule has 1 N–H and O–H groups in total. The lowest BCUT2D eigenvalue weighted by atomic mass is 10.1. The molecule has 0 bridgehead atoms. The Hall–Kier alpha value is -1.13. The zero-order valence-electron chi connectivity index (χ0n) is 9.62. The van der Waals surface area contributed by atoms with Crippen LogP contribution >= 0.6 is 27.5 Å². The van der Waals surface area contributed by atoms with Crippen molar-refractivity contribution in [1.82, 2.24) is 4.98 Å². The molecule has 1 aromatic carbocycles. The summed E-state index contributed by atoms with van der Waals surface area (Å²) in [6, 6.07) is 8.35. The third kappa shape index (κ3) is 3.21. The van der Waals surface area contributed by atoms with Crippen LogP contribution in [0.4, 0.5) is 10.1 Å². The van der Waals surface area contributed by atoms with Crippen LogP contribution in [0.5, 0.6) is 0 Å². The van der Waals surface area contributed by atoms with Gasteiger partial charge >= 0.3 is 0 Å². The Labute approximate surface area is 118 Å². The van der Waals surface area contributed by atoms with Crippen molar-refractivity contribution in [2.45, 2.75) is 13.0 Å². The first kappa shape index (κ1) is 13.3. The van der Waals surface area contributed by atoms with Gasteiger partial charge in [0.25, 0.3) is 0 Å². The number of anilines is 1. The summed E-state index contributed by atoms with van der Waals surface area (Å²) in [6.45, 7) is 1.89. The second-order valence-corrected chi connectivity index (χ2v) is 5.20. The standard InChI is InChI=1S/C13H11BrClFN2/c1-8(11-3-2-9(14)6-12(11)16)18-10-4-5-17-13(15)7-10/h2-8H,1H3,(H,17,18). The molecule has 2 nitrogen and oxygen atoms in total. The van der Waals surface area contributed by atoms with E-state index in [1.165, 1.54) is 6.07 Å².